The van der Waals surface area contributed by atoms with Crippen LogP contribution in [0, 0.1) is 0 Å². The maximum atomic E-state index is 10.5. The number of nitrogens with one attached hydrogen (secondary N) is 3. The van der Waals surface area contributed by atoms with Crippen molar-refractivity contribution in [2.24, 2.45) is 5.73 Å². The normalized spacial score (nSPS) is 21.8. The number of fused-ring (bicyclic) bond motifs is 3. The van der Waals surface area contributed by atoms with Crippen molar-refractivity contribution in [1.82, 2.24) is 10.9 Å². The lowest BCUT2D eigenvalue weighted by molar-refractivity contribution is -0.902. The summed E-state index contributed by atoms with van der Waals surface area (Å²) in [5.41, 5.74) is 12.9. The average molecular weight is 183 g/mol. The quantitative estimate of drug-likeness (QED) is 0.378. The fourth-order valence-corrected chi connectivity index (χ4v) is 2.03. The highest BCUT2D eigenvalue weighted by Gasteiger charge is 2.27. The van der Waals surface area contributed by atoms with Gasteiger partial charge in [-0.15, -0.1) is 0 Å². The molecule has 0 aromatic carbocycles. The second-order valence-corrected chi connectivity index (χ2v) is 3.62. The van der Waals surface area contributed by atoms with E-state index < -0.39 is 6.03 Å². The van der Waals surface area contributed by atoms with Gasteiger partial charge in [-0.05, 0) is 5.57 Å². The van der Waals surface area contributed by atoms with Crippen molar-refractivity contribution in [2.45, 2.75) is 12.8 Å². The van der Waals surface area contributed by atoms with Gasteiger partial charge in [0, 0.05) is 12.8 Å². The van der Waals surface area contributed by atoms with Crippen LogP contribution in [-0.4, -0.2) is 25.7 Å². The van der Waals surface area contributed by atoms with Crippen molar-refractivity contribution in [3.63, 3.8) is 0 Å². The lowest BCUT2D eigenvalue weighted by atomic mass is 9.96. The molecule has 3 rings (SSSR count). The van der Waals surface area contributed by atoms with Crippen molar-refractivity contribution in [3.05, 3.63) is 11.3 Å². The highest BCUT2D eigenvalue weighted by molar-refractivity contribution is 5.71. The maximum Gasteiger partial charge on any atom is 0.330 e. The summed E-state index contributed by atoms with van der Waals surface area (Å²) in [7, 11) is 0. The molecule has 1 saturated heterocycles. The number of hydrogen-bond donors (Lipinski definition) is 4. The van der Waals surface area contributed by atoms with Crippen LogP contribution in [-0.2, 0) is 0 Å². The summed E-state index contributed by atoms with van der Waals surface area (Å²) in [6.45, 7) is 3.46. The number of hydrazine groups is 1. The van der Waals surface area contributed by atoms with Crippen LogP contribution in [0.4, 0.5) is 4.79 Å². The van der Waals surface area contributed by atoms with Gasteiger partial charge in [0.05, 0.1) is 18.8 Å². The van der Waals surface area contributed by atoms with Crippen LogP contribution in [0.1, 0.15) is 12.8 Å². The molecule has 0 aromatic heterocycles. The fraction of sp³-hybridized carbons (Fsp3) is 0.625. The Hall–Kier alpha value is -1.23. The maximum absolute atomic E-state index is 10.5. The Morgan fingerprint density at radius 2 is 2.08 bits per heavy atom. The molecule has 0 radical (unpaired) electrons. The first-order chi connectivity index (χ1) is 6.25. The molecular formula is C8H15N4O+. The SMILES string of the molecule is NC(=O)NNC1=C2CC[NH+](CC2)C1. The Kier molecular flexibility index (Phi) is 2.10. The van der Waals surface area contributed by atoms with Gasteiger partial charge in [0.15, 0.2) is 0 Å². The Morgan fingerprint density at radius 3 is 2.54 bits per heavy atom. The molecule has 3 aliphatic rings. The molecule has 0 atom stereocenters. The number of carbonyl (C=O) groups excluding carboxylic acids is 1. The lowest BCUT2D eigenvalue weighted by Crippen LogP contribution is -3.14. The molecule has 0 aromatic rings. The lowest BCUT2D eigenvalue weighted by Gasteiger charge is -2.34. The van der Waals surface area contributed by atoms with Crippen LogP contribution in [0.3, 0.4) is 0 Å². The number of nitrogens with two attached hydrogens (primary N) is 1. The summed E-state index contributed by atoms with van der Waals surface area (Å²) in [4.78, 5) is 12.1. The van der Waals surface area contributed by atoms with E-state index in [-0.39, 0.29) is 0 Å². The monoisotopic (exact) mass is 183 g/mol. The summed E-state index contributed by atoms with van der Waals surface area (Å²) < 4.78 is 0. The Balaban J connectivity index is 1.98. The summed E-state index contributed by atoms with van der Waals surface area (Å²) in [6.07, 6.45) is 2.30. The van der Waals surface area contributed by atoms with Gasteiger partial charge in [-0.3, -0.25) is 10.9 Å². The van der Waals surface area contributed by atoms with Crippen LogP contribution in [0.25, 0.3) is 0 Å². The molecule has 3 aliphatic heterocycles. The summed E-state index contributed by atoms with van der Waals surface area (Å²) >= 11 is 0. The molecule has 13 heavy (non-hydrogen) atoms. The van der Waals surface area contributed by atoms with Crippen molar-refractivity contribution >= 4 is 6.03 Å². The molecule has 0 unspecified atom stereocenters. The molecule has 3 heterocycles. The van der Waals surface area contributed by atoms with E-state index in [1.807, 2.05) is 0 Å². The van der Waals surface area contributed by atoms with Gasteiger partial charge in [-0.1, -0.05) is 0 Å². The van der Waals surface area contributed by atoms with E-state index in [1.165, 1.54) is 18.7 Å². The molecule has 0 spiro atoms. The van der Waals surface area contributed by atoms with E-state index in [4.69, 9.17) is 5.73 Å². The van der Waals surface area contributed by atoms with Gasteiger partial charge in [-0.25, -0.2) is 4.79 Å². The van der Waals surface area contributed by atoms with Crippen molar-refractivity contribution < 1.29 is 9.69 Å². The minimum Gasteiger partial charge on any atom is -0.350 e. The van der Waals surface area contributed by atoms with Crippen LogP contribution in [0.15, 0.2) is 11.3 Å². The van der Waals surface area contributed by atoms with Gasteiger partial charge in [0.25, 0.3) is 0 Å². The van der Waals surface area contributed by atoms with E-state index in [2.05, 4.69) is 10.9 Å². The van der Waals surface area contributed by atoms with Gasteiger partial charge in [0.2, 0.25) is 0 Å². The van der Waals surface area contributed by atoms with Crippen molar-refractivity contribution in [3.8, 4) is 0 Å². The topological polar surface area (TPSA) is 71.6 Å². The first-order valence-electron chi connectivity index (χ1n) is 4.61. The first-order valence-corrected chi connectivity index (χ1v) is 4.61. The fourth-order valence-electron chi connectivity index (χ4n) is 2.03. The van der Waals surface area contributed by atoms with Crippen molar-refractivity contribution in [2.75, 3.05) is 19.6 Å². The van der Waals surface area contributed by atoms with Crippen LogP contribution in [0.5, 0.6) is 0 Å². The second-order valence-electron chi connectivity index (χ2n) is 3.62. The van der Waals surface area contributed by atoms with Gasteiger partial charge in [-0.2, -0.15) is 0 Å². The Bertz CT molecular complexity index is 251. The van der Waals surface area contributed by atoms with Gasteiger partial charge in [0.1, 0.15) is 6.54 Å². The third kappa shape index (κ3) is 1.75. The number of primary amides is 1. The zero-order chi connectivity index (χ0) is 9.26. The minimum absolute atomic E-state index is 0.528. The van der Waals surface area contributed by atoms with Crippen LogP contribution in [0.2, 0.25) is 0 Å². The molecule has 2 amide bonds. The molecular weight excluding hydrogens is 168 g/mol. The Morgan fingerprint density at radius 1 is 1.38 bits per heavy atom. The molecule has 5 nitrogen and oxygen atoms in total. The predicted molar refractivity (Wildman–Crippen MR) is 47.7 cm³/mol. The standard InChI is InChI=1S/C8H14N4O/c9-8(13)11-10-7-5-12-3-1-6(7)2-4-12/h10H,1-5H2,(H3,9,11,13)/p+1. The number of hydrogen-bond acceptors (Lipinski definition) is 2. The number of carbonyl (C=O) groups is 1. The third-order valence-corrected chi connectivity index (χ3v) is 2.75. The second kappa shape index (κ2) is 3.26. The smallest absolute Gasteiger partial charge is 0.330 e. The number of rotatable bonds is 2. The highest BCUT2D eigenvalue weighted by atomic mass is 16.2. The van der Waals surface area contributed by atoms with Gasteiger partial charge < -0.3 is 10.6 Å². The zero-order valence-corrected chi connectivity index (χ0v) is 7.52. The molecule has 5 N–H and O–H groups in total. The molecule has 5 heteroatoms. The molecule has 0 aliphatic carbocycles. The number of piperidine rings is 1. The highest BCUT2D eigenvalue weighted by Crippen LogP contribution is 2.14. The van der Waals surface area contributed by atoms with E-state index >= 15 is 0 Å². The van der Waals surface area contributed by atoms with E-state index in [1.54, 1.807) is 4.90 Å². The largest absolute Gasteiger partial charge is 0.350 e. The van der Waals surface area contributed by atoms with E-state index in [9.17, 15) is 4.79 Å². The van der Waals surface area contributed by atoms with E-state index in [0.29, 0.717) is 0 Å². The molecule has 72 valence electrons. The summed E-state index contributed by atoms with van der Waals surface area (Å²) in [5.74, 6) is 0. The zero-order valence-electron chi connectivity index (χ0n) is 7.52. The van der Waals surface area contributed by atoms with Crippen LogP contribution < -0.4 is 21.5 Å². The average Bonchev–Trinajstić information content (AvgIpc) is 2.17. The number of quaternary nitrogens is 1. The number of urea groups is 1. The minimum atomic E-state index is -0.528. The summed E-state index contributed by atoms with van der Waals surface area (Å²) in [6, 6.07) is -0.528. The predicted octanol–water partition coefficient (Wildman–Crippen LogP) is -1.89. The number of amides is 2. The Labute approximate surface area is 76.9 Å². The van der Waals surface area contributed by atoms with E-state index in [0.717, 1.165) is 25.1 Å². The third-order valence-electron chi connectivity index (χ3n) is 2.75. The summed E-state index contributed by atoms with van der Waals surface area (Å²) in [5, 5.41) is 0. The molecule has 1 fully saturated rings. The van der Waals surface area contributed by atoms with Crippen LogP contribution >= 0.6 is 0 Å². The molecule has 0 saturated carbocycles. The van der Waals surface area contributed by atoms with Crippen molar-refractivity contribution in [1.29, 1.82) is 0 Å². The molecule has 2 bridgehead atoms. The first kappa shape index (κ1) is 8.37. The van der Waals surface area contributed by atoms with Gasteiger partial charge >= 0.3 is 6.03 Å².